The van der Waals surface area contributed by atoms with E-state index in [-0.39, 0.29) is 6.61 Å². The number of unbranched alkanes of at least 4 members (excludes halogenated alkanes) is 2. The van der Waals surface area contributed by atoms with Gasteiger partial charge in [0.2, 0.25) is 0 Å². The van der Waals surface area contributed by atoms with Gasteiger partial charge in [-0.3, -0.25) is 0 Å². The second-order valence-electron chi connectivity index (χ2n) is 4.91. The number of rotatable bonds is 8. The van der Waals surface area contributed by atoms with Crippen LogP contribution in [0.4, 0.5) is 0 Å². The fourth-order valence-corrected chi connectivity index (χ4v) is 2.14. The first kappa shape index (κ1) is 15.4. The van der Waals surface area contributed by atoms with Crippen molar-refractivity contribution in [2.75, 3.05) is 13.2 Å². The van der Waals surface area contributed by atoms with E-state index in [0.29, 0.717) is 18.2 Å². The average Bonchev–Trinajstić information content (AvgIpc) is 2.53. The first-order chi connectivity index (χ1) is 10.3. The maximum atomic E-state index is 8.76. The molecular weight excluding hydrogens is 264 g/mol. The lowest BCUT2D eigenvalue weighted by molar-refractivity contribution is 0.283. The molecule has 0 saturated carbocycles. The Hall–Kier alpha value is -1.94. The van der Waals surface area contributed by atoms with Gasteiger partial charge < -0.3 is 9.84 Å². The zero-order valence-electron chi connectivity index (χ0n) is 12.5. The molecule has 21 heavy (non-hydrogen) atoms. The Bertz CT molecular complexity index is 523. The molecular formula is C17H22N2O2. The van der Waals surface area contributed by atoms with Gasteiger partial charge in [-0.05, 0) is 31.7 Å². The third kappa shape index (κ3) is 4.83. The number of hydrogen-bond donors (Lipinski definition) is 1. The second kappa shape index (κ2) is 8.37. The van der Waals surface area contributed by atoms with Gasteiger partial charge in [-0.15, -0.1) is 0 Å². The van der Waals surface area contributed by atoms with Crippen molar-refractivity contribution in [2.45, 2.75) is 32.6 Å². The van der Waals surface area contributed by atoms with Gasteiger partial charge >= 0.3 is 0 Å². The van der Waals surface area contributed by atoms with E-state index in [1.165, 1.54) is 5.56 Å². The van der Waals surface area contributed by atoms with Crippen LogP contribution in [0.1, 0.15) is 31.7 Å². The predicted octanol–water partition coefficient (Wildman–Crippen LogP) is 3.25. The standard InChI is InChI=1S/C17H22N2O2/c1-2-21-16-12-18-17(19-13-16)15-9-7-14(8-10-15)6-4-3-5-11-20/h7-10,12-13,20H,2-6,11H2,1H3. The Morgan fingerprint density at radius 2 is 1.71 bits per heavy atom. The number of aliphatic hydroxyl groups excluding tert-OH is 1. The summed E-state index contributed by atoms with van der Waals surface area (Å²) in [6, 6.07) is 8.34. The minimum atomic E-state index is 0.286. The summed E-state index contributed by atoms with van der Waals surface area (Å²) < 4.78 is 5.34. The zero-order chi connectivity index (χ0) is 14.9. The minimum absolute atomic E-state index is 0.286. The topological polar surface area (TPSA) is 55.2 Å². The summed E-state index contributed by atoms with van der Waals surface area (Å²) in [5.74, 6) is 1.41. The van der Waals surface area contributed by atoms with Crippen LogP contribution < -0.4 is 4.74 Å². The smallest absolute Gasteiger partial charge is 0.159 e. The number of ether oxygens (including phenoxy) is 1. The van der Waals surface area contributed by atoms with Crippen molar-refractivity contribution in [3.8, 4) is 17.1 Å². The fourth-order valence-electron chi connectivity index (χ4n) is 2.14. The fraction of sp³-hybridized carbons (Fsp3) is 0.412. The number of nitrogens with zero attached hydrogens (tertiary/aromatic N) is 2. The Kier molecular flexibility index (Phi) is 6.16. The van der Waals surface area contributed by atoms with Crippen molar-refractivity contribution in [1.29, 1.82) is 0 Å². The van der Waals surface area contributed by atoms with Crippen LogP contribution in [0.15, 0.2) is 36.7 Å². The van der Waals surface area contributed by atoms with E-state index in [1.54, 1.807) is 12.4 Å². The molecule has 2 rings (SSSR count). The van der Waals surface area contributed by atoms with Crippen molar-refractivity contribution in [3.05, 3.63) is 42.2 Å². The molecule has 1 heterocycles. The molecule has 0 aliphatic heterocycles. The summed E-state index contributed by atoms with van der Waals surface area (Å²) in [7, 11) is 0. The Balaban J connectivity index is 1.94. The van der Waals surface area contributed by atoms with E-state index >= 15 is 0 Å². The molecule has 0 atom stereocenters. The molecule has 1 aromatic carbocycles. The van der Waals surface area contributed by atoms with E-state index in [4.69, 9.17) is 9.84 Å². The number of hydrogen-bond acceptors (Lipinski definition) is 4. The van der Waals surface area contributed by atoms with E-state index in [1.807, 2.05) is 6.92 Å². The van der Waals surface area contributed by atoms with Crippen LogP contribution in [0.3, 0.4) is 0 Å². The monoisotopic (exact) mass is 286 g/mol. The van der Waals surface area contributed by atoms with Gasteiger partial charge in [0.1, 0.15) is 0 Å². The highest BCUT2D eigenvalue weighted by molar-refractivity contribution is 5.55. The van der Waals surface area contributed by atoms with Gasteiger partial charge in [-0.25, -0.2) is 9.97 Å². The van der Waals surface area contributed by atoms with Crippen molar-refractivity contribution in [3.63, 3.8) is 0 Å². The van der Waals surface area contributed by atoms with Gasteiger partial charge in [-0.1, -0.05) is 30.7 Å². The highest BCUT2D eigenvalue weighted by Crippen LogP contribution is 2.18. The molecule has 0 spiro atoms. The van der Waals surface area contributed by atoms with E-state index < -0.39 is 0 Å². The van der Waals surface area contributed by atoms with Gasteiger partial charge in [0.15, 0.2) is 11.6 Å². The molecule has 1 aromatic heterocycles. The van der Waals surface area contributed by atoms with Crippen LogP contribution in [-0.4, -0.2) is 28.3 Å². The van der Waals surface area contributed by atoms with Gasteiger partial charge in [0.05, 0.1) is 19.0 Å². The summed E-state index contributed by atoms with van der Waals surface area (Å²) >= 11 is 0. The lowest BCUT2D eigenvalue weighted by Crippen LogP contribution is -1.95. The Morgan fingerprint density at radius 1 is 1.00 bits per heavy atom. The number of benzene rings is 1. The first-order valence-electron chi connectivity index (χ1n) is 7.48. The quantitative estimate of drug-likeness (QED) is 0.757. The average molecular weight is 286 g/mol. The molecule has 0 saturated heterocycles. The molecule has 0 aliphatic carbocycles. The number of aromatic nitrogens is 2. The maximum absolute atomic E-state index is 8.76. The molecule has 0 amide bonds. The SMILES string of the molecule is CCOc1cnc(-c2ccc(CCCCCO)cc2)nc1. The molecule has 2 aromatic rings. The molecule has 0 radical (unpaired) electrons. The third-order valence-electron chi connectivity index (χ3n) is 3.27. The third-order valence-corrected chi connectivity index (χ3v) is 3.27. The van der Waals surface area contributed by atoms with Crippen molar-refractivity contribution in [2.24, 2.45) is 0 Å². The van der Waals surface area contributed by atoms with Crippen LogP contribution in [0.2, 0.25) is 0 Å². The van der Waals surface area contributed by atoms with Gasteiger partial charge in [0, 0.05) is 12.2 Å². The summed E-state index contributed by atoms with van der Waals surface area (Å²) in [5, 5.41) is 8.76. The molecule has 112 valence electrons. The normalized spacial score (nSPS) is 10.6. The van der Waals surface area contributed by atoms with Crippen molar-refractivity contribution in [1.82, 2.24) is 9.97 Å². The first-order valence-corrected chi connectivity index (χ1v) is 7.48. The highest BCUT2D eigenvalue weighted by Gasteiger charge is 2.02. The lowest BCUT2D eigenvalue weighted by atomic mass is 10.1. The largest absolute Gasteiger partial charge is 0.491 e. The molecule has 4 heteroatoms. The summed E-state index contributed by atoms with van der Waals surface area (Å²) in [5.41, 5.74) is 2.32. The summed E-state index contributed by atoms with van der Waals surface area (Å²) in [4.78, 5) is 8.64. The van der Waals surface area contributed by atoms with Crippen LogP contribution >= 0.6 is 0 Å². The van der Waals surface area contributed by atoms with Crippen LogP contribution in [0, 0.1) is 0 Å². The van der Waals surface area contributed by atoms with Crippen LogP contribution in [0.5, 0.6) is 5.75 Å². The lowest BCUT2D eigenvalue weighted by Gasteiger charge is -2.05. The van der Waals surface area contributed by atoms with E-state index in [9.17, 15) is 0 Å². The van der Waals surface area contributed by atoms with Gasteiger partial charge in [-0.2, -0.15) is 0 Å². The molecule has 1 N–H and O–H groups in total. The van der Waals surface area contributed by atoms with Crippen LogP contribution in [0.25, 0.3) is 11.4 Å². The zero-order valence-corrected chi connectivity index (χ0v) is 12.5. The molecule has 4 nitrogen and oxygen atoms in total. The Labute approximate surface area is 125 Å². The minimum Gasteiger partial charge on any atom is -0.491 e. The van der Waals surface area contributed by atoms with Crippen LogP contribution in [-0.2, 0) is 6.42 Å². The highest BCUT2D eigenvalue weighted by atomic mass is 16.5. The number of aryl methyl sites for hydroxylation is 1. The summed E-state index contributed by atoms with van der Waals surface area (Å²) in [6.45, 7) is 2.84. The van der Waals surface area contributed by atoms with Crippen molar-refractivity contribution >= 4 is 0 Å². The molecule has 0 unspecified atom stereocenters. The Morgan fingerprint density at radius 3 is 2.33 bits per heavy atom. The van der Waals surface area contributed by atoms with Crippen molar-refractivity contribution < 1.29 is 9.84 Å². The predicted molar refractivity (Wildman–Crippen MR) is 83.3 cm³/mol. The molecule has 0 bridgehead atoms. The number of aliphatic hydroxyl groups is 1. The maximum Gasteiger partial charge on any atom is 0.159 e. The molecule has 0 fully saturated rings. The van der Waals surface area contributed by atoms with E-state index in [0.717, 1.165) is 31.2 Å². The van der Waals surface area contributed by atoms with Gasteiger partial charge in [0.25, 0.3) is 0 Å². The summed E-state index contributed by atoms with van der Waals surface area (Å²) in [6.07, 6.45) is 7.52. The second-order valence-corrected chi connectivity index (χ2v) is 4.91. The molecule has 0 aliphatic rings. The van der Waals surface area contributed by atoms with E-state index in [2.05, 4.69) is 34.2 Å².